The van der Waals surface area contributed by atoms with Crippen LogP contribution in [0.4, 0.5) is 0 Å². The second-order valence-corrected chi connectivity index (χ2v) is 21.1. The predicted molar refractivity (Wildman–Crippen MR) is 188 cm³/mol. The monoisotopic (exact) mass is 648 g/mol. The lowest BCUT2D eigenvalue weighted by atomic mass is 9.89. The van der Waals surface area contributed by atoms with Crippen molar-refractivity contribution in [3.05, 3.63) is 107 Å². The van der Waals surface area contributed by atoms with Crippen molar-refractivity contribution in [2.24, 2.45) is 0 Å². The third-order valence-corrected chi connectivity index (χ3v) is 15.8. The van der Waals surface area contributed by atoms with E-state index < -0.39 is 24.1 Å². The van der Waals surface area contributed by atoms with Gasteiger partial charge in [-0.15, -0.1) is 0 Å². The van der Waals surface area contributed by atoms with Crippen LogP contribution < -0.4 is 0 Å². The van der Waals surface area contributed by atoms with Gasteiger partial charge in [0.1, 0.15) is 0 Å². The zero-order valence-electron chi connectivity index (χ0n) is 28.2. The highest BCUT2D eigenvalue weighted by Crippen LogP contribution is 2.37. The average molecular weight is 649 g/mol. The molecule has 0 aliphatic carbocycles. The molecule has 3 aromatic rings. The Balaban J connectivity index is 1.60. The van der Waals surface area contributed by atoms with Gasteiger partial charge >= 0.3 is 0 Å². The van der Waals surface area contributed by atoms with Gasteiger partial charge in [0.15, 0.2) is 18.2 Å². The Morgan fingerprint density at radius 2 is 1.42 bits per heavy atom. The third kappa shape index (κ3) is 9.38. The van der Waals surface area contributed by atoms with Gasteiger partial charge < -0.3 is 14.2 Å². The molecule has 0 spiro atoms. The summed E-state index contributed by atoms with van der Waals surface area (Å²) in [5.41, 5.74) is 3.60. The number of likely N-dealkylation sites (N-methyl/N-ethyl adjacent to an activating group) is 1. The topological polar surface area (TPSA) is 66.9 Å². The highest BCUT2D eigenvalue weighted by Gasteiger charge is 2.39. The van der Waals surface area contributed by atoms with Gasteiger partial charge in [-0.1, -0.05) is 106 Å². The van der Waals surface area contributed by atoms with Crippen LogP contribution in [-0.2, 0) is 24.8 Å². The highest BCUT2D eigenvalue weighted by molar-refractivity contribution is 7.90. The standard InChI is InChI=1S/C37H52N2O4SSi/c1-29(43-45(6,7)37(2,3)4)27-44(41,42)28-30-17-16-22-33(25-30)34(26-39-23-14-15-24-39)38(5)36(40)35(31-18-10-8-11-19-31)32-20-12-9-13-21-32/h8-13,16-22,25,29,34-35H,14-15,23-24,26-28H2,1-7H3/t29?,34-/m1/s1. The van der Waals surface area contributed by atoms with Gasteiger partial charge in [-0.2, -0.15) is 0 Å². The van der Waals surface area contributed by atoms with Crippen molar-refractivity contribution in [1.29, 1.82) is 0 Å². The maximum atomic E-state index is 14.5. The molecule has 3 aromatic carbocycles. The summed E-state index contributed by atoms with van der Waals surface area (Å²) < 4.78 is 33.2. The highest BCUT2D eigenvalue weighted by atomic mass is 32.2. The SMILES string of the molecule is CC(CS(=O)(=O)Cc1cccc([C@@H](CN2CCCC2)N(C)C(=O)C(c2ccccc2)c2ccccc2)c1)O[Si](C)(C)C(C)(C)C. The van der Waals surface area contributed by atoms with Gasteiger partial charge in [-0.25, -0.2) is 8.42 Å². The molecule has 1 fully saturated rings. The van der Waals surface area contributed by atoms with E-state index in [1.807, 2.05) is 104 Å². The van der Waals surface area contributed by atoms with Crippen molar-refractivity contribution in [1.82, 2.24) is 9.80 Å². The predicted octanol–water partition coefficient (Wildman–Crippen LogP) is 7.44. The third-order valence-electron chi connectivity index (χ3n) is 9.47. The molecule has 1 saturated heterocycles. The number of amides is 1. The molecule has 0 radical (unpaired) electrons. The van der Waals surface area contributed by atoms with Crippen molar-refractivity contribution < 1.29 is 17.6 Å². The summed E-state index contributed by atoms with van der Waals surface area (Å²) in [6.45, 7) is 15.4. The molecule has 0 bridgehead atoms. The Kier molecular flexibility index (Phi) is 11.5. The van der Waals surface area contributed by atoms with E-state index in [-0.39, 0.29) is 34.6 Å². The summed E-state index contributed by atoms with van der Waals surface area (Å²) in [5.74, 6) is -0.498. The van der Waals surface area contributed by atoms with E-state index in [1.54, 1.807) is 0 Å². The van der Waals surface area contributed by atoms with Crippen LogP contribution in [0.1, 0.15) is 74.8 Å². The molecule has 8 heteroatoms. The van der Waals surface area contributed by atoms with Crippen LogP contribution >= 0.6 is 0 Å². The Morgan fingerprint density at radius 1 is 0.889 bits per heavy atom. The van der Waals surface area contributed by atoms with Crippen molar-refractivity contribution in [2.45, 2.75) is 82.5 Å². The maximum Gasteiger partial charge on any atom is 0.234 e. The molecule has 2 atom stereocenters. The molecular formula is C37H52N2O4SSi. The molecule has 0 saturated carbocycles. The molecular weight excluding hydrogens is 597 g/mol. The Bertz CT molecular complexity index is 1460. The molecule has 4 rings (SSSR count). The lowest BCUT2D eigenvalue weighted by Crippen LogP contribution is -2.44. The lowest BCUT2D eigenvalue weighted by molar-refractivity contribution is -0.133. The summed E-state index contributed by atoms with van der Waals surface area (Å²) in [7, 11) is -3.63. The quantitative estimate of drug-likeness (QED) is 0.180. The van der Waals surface area contributed by atoms with Crippen molar-refractivity contribution >= 4 is 24.1 Å². The van der Waals surface area contributed by atoms with Crippen LogP contribution in [0.2, 0.25) is 18.1 Å². The van der Waals surface area contributed by atoms with Gasteiger partial charge in [-0.3, -0.25) is 4.79 Å². The summed E-state index contributed by atoms with van der Waals surface area (Å²) in [6, 6.07) is 27.5. The first-order valence-corrected chi connectivity index (χ1v) is 21.0. The summed E-state index contributed by atoms with van der Waals surface area (Å²) in [4.78, 5) is 18.7. The van der Waals surface area contributed by atoms with E-state index in [0.29, 0.717) is 6.54 Å². The molecule has 1 heterocycles. The fourth-order valence-corrected chi connectivity index (χ4v) is 9.21. The minimum Gasteiger partial charge on any atom is -0.413 e. The number of nitrogens with zero attached hydrogens (tertiary/aromatic N) is 2. The van der Waals surface area contributed by atoms with Crippen LogP contribution in [0.3, 0.4) is 0 Å². The molecule has 6 nitrogen and oxygen atoms in total. The lowest BCUT2D eigenvalue weighted by Gasteiger charge is -2.38. The number of likely N-dealkylation sites (tertiary alicyclic amines) is 1. The number of hydrogen-bond donors (Lipinski definition) is 0. The van der Waals surface area contributed by atoms with Gasteiger partial charge in [0.05, 0.1) is 29.6 Å². The number of rotatable bonds is 13. The maximum absolute atomic E-state index is 14.5. The number of hydrogen-bond acceptors (Lipinski definition) is 5. The van der Waals surface area contributed by atoms with E-state index in [9.17, 15) is 13.2 Å². The number of carbonyl (C=O) groups excluding carboxylic acids is 1. The Hall–Kier alpha value is -2.78. The van der Waals surface area contributed by atoms with Crippen LogP contribution in [0.5, 0.6) is 0 Å². The zero-order chi connectivity index (χ0) is 32.8. The van der Waals surface area contributed by atoms with Crippen molar-refractivity contribution in [2.75, 3.05) is 32.4 Å². The first-order chi connectivity index (χ1) is 21.2. The first-order valence-electron chi connectivity index (χ1n) is 16.2. The largest absolute Gasteiger partial charge is 0.413 e. The fraction of sp³-hybridized carbons (Fsp3) is 0.486. The van der Waals surface area contributed by atoms with Crippen molar-refractivity contribution in [3.8, 4) is 0 Å². The number of benzene rings is 3. The van der Waals surface area contributed by atoms with E-state index >= 15 is 0 Å². The van der Waals surface area contributed by atoms with Gasteiger partial charge in [0.25, 0.3) is 0 Å². The molecule has 1 unspecified atom stereocenters. The Labute approximate surface area is 272 Å². The van der Waals surface area contributed by atoms with Crippen LogP contribution in [0.25, 0.3) is 0 Å². The minimum absolute atomic E-state index is 0.00714. The van der Waals surface area contributed by atoms with Crippen LogP contribution in [0, 0.1) is 0 Å². The van der Waals surface area contributed by atoms with Crippen LogP contribution in [-0.4, -0.2) is 71.0 Å². The molecule has 244 valence electrons. The molecule has 45 heavy (non-hydrogen) atoms. The van der Waals surface area contributed by atoms with E-state index in [1.165, 1.54) is 0 Å². The van der Waals surface area contributed by atoms with Gasteiger partial charge in [-0.05, 0) is 73.2 Å². The number of carbonyl (C=O) groups is 1. The molecule has 1 amide bonds. The molecule has 0 N–H and O–H groups in total. The van der Waals surface area contributed by atoms with E-state index in [0.717, 1.165) is 48.2 Å². The number of sulfone groups is 1. The van der Waals surface area contributed by atoms with Crippen LogP contribution in [0.15, 0.2) is 84.9 Å². The second kappa shape index (κ2) is 14.8. The fourth-order valence-electron chi connectivity index (χ4n) is 6.06. The normalized spacial score (nSPS) is 16.1. The summed E-state index contributed by atoms with van der Waals surface area (Å²) in [6.07, 6.45) is 1.92. The summed E-state index contributed by atoms with van der Waals surface area (Å²) in [5, 5.41) is 0.00714. The average Bonchev–Trinajstić information content (AvgIpc) is 3.49. The minimum atomic E-state index is -3.43. The van der Waals surface area contributed by atoms with Crippen molar-refractivity contribution in [3.63, 3.8) is 0 Å². The smallest absolute Gasteiger partial charge is 0.234 e. The molecule has 1 aliphatic rings. The second-order valence-electron chi connectivity index (χ2n) is 14.2. The Morgan fingerprint density at radius 3 is 1.96 bits per heavy atom. The van der Waals surface area contributed by atoms with E-state index in [4.69, 9.17) is 4.43 Å². The molecule has 0 aromatic heterocycles. The first kappa shape index (κ1) is 35.1. The van der Waals surface area contributed by atoms with Gasteiger partial charge in [0, 0.05) is 13.6 Å². The van der Waals surface area contributed by atoms with E-state index in [2.05, 4.69) is 38.8 Å². The zero-order valence-corrected chi connectivity index (χ0v) is 30.0. The molecule has 1 aliphatic heterocycles. The van der Waals surface area contributed by atoms with Gasteiger partial charge in [0.2, 0.25) is 5.91 Å². The summed E-state index contributed by atoms with van der Waals surface area (Å²) >= 11 is 0.